The van der Waals surface area contributed by atoms with Gasteiger partial charge in [0.1, 0.15) is 0 Å². The van der Waals surface area contributed by atoms with Crippen LogP contribution < -0.4 is 15.6 Å². The predicted molar refractivity (Wildman–Crippen MR) is 111 cm³/mol. The predicted octanol–water partition coefficient (Wildman–Crippen LogP) is 2.32. The minimum Gasteiger partial charge on any atom is -0.378 e. The van der Waals surface area contributed by atoms with Crippen LogP contribution in [0, 0.1) is 10.1 Å². The van der Waals surface area contributed by atoms with Crippen molar-refractivity contribution in [2.45, 2.75) is 12.8 Å². The number of hydrogen-bond donors (Lipinski definition) is 2. The molecule has 0 bridgehead atoms. The van der Waals surface area contributed by atoms with Gasteiger partial charge in [-0.25, -0.2) is 5.43 Å². The summed E-state index contributed by atoms with van der Waals surface area (Å²) < 4.78 is 0. The van der Waals surface area contributed by atoms with Crippen molar-refractivity contribution in [2.75, 3.05) is 25.5 Å². The number of carbonyl (C=O) groups is 2. The van der Waals surface area contributed by atoms with Gasteiger partial charge in [0.05, 0.1) is 11.1 Å². The number of benzene rings is 2. The Kier molecular flexibility index (Phi) is 7.84. The smallest absolute Gasteiger partial charge is 0.269 e. The van der Waals surface area contributed by atoms with Crippen molar-refractivity contribution in [3.8, 4) is 0 Å². The zero-order valence-corrected chi connectivity index (χ0v) is 16.3. The molecule has 2 N–H and O–H groups in total. The molecule has 0 aliphatic heterocycles. The molecule has 0 saturated carbocycles. The van der Waals surface area contributed by atoms with E-state index in [9.17, 15) is 19.7 Å². The van der Waals surface area contributed by atoms with Crippen LogP contribution in [0.15, 0.2) is 53.6 Å². The van der Waals surface area contributed by atoms with Gasteiger partial charge < -0.3 is 10.2 Å². The molecule has 0 aliphatic rings. The molecular formula is C20H23N5O4. The normalized spacial score (nSPS) is 10.6. The first-order valence-corrected chi connectivity index (χ1v) is 8.99. The minimum atomic E-state index is -0.526. The standard InChI is InChI=1S/C20H23N5O4/c1-24(2)17-9-5-15(6-10-17)14-22-23-19(26)4-3-13-21-20(27)16-7-11-18(12-8-16)25(28)29/h5-12,14H,3-4,13H2,1-2H3,(H,21,27)(H,23,26)/b22-14+. The zero-order chi connectivity index (χ0) is 21.2. The molecule has 2 aromatic carbocycles. The van der Waals surface area contributed by atoms with Crippen LogP contribution in [0.25, 0.3) is 0 Å². The van der Waals surface area contributed by atoms with E-state index in [-0.39, 0.29) is 23.9 Å². The maximum atomic E-state index is 12.0. The second kappa shape index (κ2) is 10.5. The molecule has 9 heteroatoms. The monoisotopic (exact) mass is 397 g/mol. The third kappa shape index (κ3) is 7.06. The molecule has 9 nitrogen and oxygen atoms in total. The van der Waals surface area contributed by atoms with E-state index in [4.69, 9.17) is 0 Å². The molecule has 2 aromatic rings. The van der Waals surface area contributed by atoms with E-state index in [2.05, 4.69) is 15.8 Å². The lowest BCUT2D eigenvalue weighted by molar-refractivity contribution is -0.384. The number of hydrogen-bond acceptors (Lipinski definition) is 6. The number of nitro benzene ring substituents is 1. The summed E-state index contributed by atoms with van der Waals surface area (Å²) >= 11 is 0. The first-order chi connectivity index (χ1) is 13.9. The summed E-state index contributed by atoms with van der Waals surface area (Å²) in [6, 6.07) is 13.0. The number of rotatable bonds is 9. The lowest BCUT2D eigenvalue weighted by atomic mass is 10.2. The van der Waals surface area contributed by atoms with Crippen molar-refractivity contribution in [3.05, 3.63) is 69.8 Å². The fraction of sp³-hybridized carbons (Fsp3) is 0.250. The molecule has 0 heterocycles. The van der Waals surface area contributed by atoms with Gasteiger partial charge in [0.25, 0.3) is 11.6 Å². The maximum absolute atomic E-state index is 12.0. The van der Waals surface area contributed by atoms with Crippen molar-refractivity contribution in [1.29, 1.82) is 0 Å². The highest BCUT2D eigenvalue weighted by molar-refractivity contribution is 5.94. The Morgan fingerprint density at radius 2 is 1.76 bits per heavy atom. The highest BCUT2D eigenvalue weighted by Crippen LogP contribution is 2.12. The Hall–Kier alpha value is -3.75. The van der Waals surface area contributed by atoms with Gasteiger partial charge in [0.2, 0.25) is 5.91 Å². The molecule has 29 heavy (non-hydrogen) atoms. The van der Waals surface area contributed by atoms with Crippen LogP contribution in [-0.4, -0.2) is 43.6 Å². The summed E-state index contributed by atoms with van der Waals surface area (Å²) in [4.78, 5) is 35.8. The summed E-state index contributed by atoms with van der Waals surface area (Å²) in [5.41, 5.74) is 4.63. The van der Waals surface area contributed by atoms with Gasteiger partial charge in [-0.3, -0.25) is 19.7 Å². The van der Waals surface area contributed by atoms with Crippen molar-refractivity contribution >= 4 is 29.4 Å². The van der Waals surface area contributed by atoms with Crippen LogP contribution in [0.4, 0.5) is 11.4 Å². The summed E-state index contributed by atoms with van der Waals surface area (Å²) in [6.45, 7) is 0.305. The van der Waals surface area contributed by atoms with Gasteiger partial charge in [-0.1, -0.05) is 12.1 Å². The van der Waals surface area contributed by atoms with Crippen LogP contribution in [-0.2, 0) is 4.79 Å². The Morgan fingerprint density at radius 3 is 2.34 bits per heavy atom. The highest BCUT2D eigenvalue weighted by atomic mass is 16.6. The Morgan fingerprint density at radius 1 is 1.10 bits per heavy atom. The molecule has 0 fully saturated rings. The molecule has 0 aliphatic carbocycles. The molecular weight excluding hydrogens is 374 g/mol. The van der Waals surface area contributed by atoms with Gasteiger partial charge >= 0.3 is 0 Å². The fourth-order valence-electron chi connectivity index (χ4n) is 2.38. The van der Waals surface area contributed by atoms with E-state index in [0.717, 1.165) is 11.3 Å². The number of nitrogens with zero attached hydrogens (tertiary/aromatic N) is 3. The number of carbonyl (C=O) groups excluding carboxylic acids is 2. The SMILES string of the molecule is CN(C)c1ccc(/C=N/NC(=O)CCCNC(=O)c2ccc([N+](=O)[O-])cc2)cc1. The summed E-state index contributed by atoms with van der Waals surface area (Å²) in [6.07, 6.45) is 2.21. The molecule has 2 amide bonds. The molecule has 0 atom stereocenters. The highest BCUT2D eigenvalue weighted by Gasteiger charge is 2.09. The quantitative estimate of drug-likeness (QED) is 0.291. The molecule has 0 saturated heterocycles. The van der Waals surface area contributed by atoms with E-state index in [1.165, 1.54) is 24.3 Å². The Bertz CT molecular complexity index is 877. The first-order valence-electron chi connectivity index (χ1n) is 8.99. The largest absolute Gasteiger partial charge is 0.378 e. The van der Waals surface area contributed by atoms with Crippen molar-refractivity contribution in [1.82, 2.24) is 10.7 Å². The van der Waals surface area contributed by atoms with Gasteiger partial charge in [-0.05, 0) is 36.2 Å². The fourth-order valence-corrected chi connectivity index (χ4v) is 2.38. The number of anilines is 1. The van der Waals surface area contributed by atoms with Crippen LogP contribution in [0.2, 0.25) is 0 Å². The molecule has 0 unspecified atom stereocenters. The minimum absolute atomic E-state index is 0.0765. The molecule has 0 radical (unpaired) electrons. The molecule has 0 spiro atoms. The number of amides is 2. The van der Waals surface area contributed by atoms with E-state index in [1.54, 1.807) is 6.21 Å². The van der Waals surface area contributed by atoms with Crippen LogP contribution >= 0.6 is 0 Å². The van der Waals surface area contributed by atoms with Gasteiger partial charge in [-0.15, -0.1) is 0 Å². The molecule has 0 aromatic heterocycles. The van der Waals surface area contributed by atoms with Gasteiger partial charge in [-0.2, -0.15) is 5.10 Å². The third-order valence-corrected chi connectivity index (χ3v) is 4.02. The Balaban J connectivity index is 1.67. The average molecular weight is 397 g/mol. The number of nitrogens with one attached hydrogen (secondary N) is 2. The van der Waals surface area contributed by atoms with Crippen LogP contribution in [0.5, 0.6) is 0 Å². The lowest BCUT2D eigenvalue weighted by Gasteiger charge is -2.11. The van der Waals surface area contributed by atoms with E-state index < -0.39 is 4.92 Å². The topological polar surface area (TPSA) is 117 Å². The second-order valence-electron chi connectivity index (χ2n) is 6.44. The number of non-ortho nitro benzene ring substituents is 1. The first kappa shape index (κ1) is 21.5. The van der Waals surface area contributed by atoms with E-state index in [1.807, 2.05) is 43.3 Å². The van der Waals surface area contributed by atoms with Crippen LogP contribution in [0.3, 0.4) is 0 Å². The summed E-state index contributed by atoms with van der Waals surface area (Å²) in [7, 11) is 3.91. The lowest BCUT2D eigenvalue weighted by Crippen LogP contribution is -2.26. The van der Waals surface area contributed by atoms with Crippen LogP contribution in [0.1, 0.15) is 28.8 Å². The second-order valence-corrected chi connectivity index (χ2v) is 6.44. The van der Waals surface area contributed by atoms with Crippen molar-refractivity contribution < 1.29 is 14.5 Å². The van der Waals surface area contributed by atoms with Gasteiger partial charge in [0.15, 0.2) is 0 Å². The molecule has 2 rings (SSSR count). The zero-order valence-electron chi connectivity index (χ0n) is 16.3. The van der Waals surface area contributed by atoms with Crippen molar-refractivity contribution in [3.63, 3.8) is 0 Å². The number of nitro groups is 1. The maximum Gasteiger partial charge on any atom is 0.269 e. The molecule has 152 valence electrons. The summed E-state index contributed by atoms with van der Waals surface area (Å²) in [5, 5.41) is 17.2. The van der Waals surface area contributed by atoms with E-state index in [0.29, 0.717) is 18.5 Å². The van der Waals surface area contributed by atoms with E-state index >= 15 is 0 Å². The van der Waals surface area contributed by atoms with Gasteiger partial charge in [0, 0.05) is 50.4 Å². The number of hydrazone groups is 1. The summed E-state index contributed by atoms with van der Waals surface area (Å²) in [5.74, 6) is -0.602. The Labute approximate surface area is 168 Å². The average Bonchev–Trinajstić information content (AvgIpc) is 2.71. The third-order valence-electron chi connectivity index (χ3n) is 4.02. The van der Waals surface area contributed by atoms with Crippen molar-refractivity contribution in [2.24, 2.45) is 5.10 Å².